The van der Waals surface area contributed by atoms with Crippen molar-refractivity contribution in [1.29, 1.82) is 0 Å². The lowest BCUT2D eigenvalue weighted by Gasteiger charge is -2.28. The van der Waals surface area contributed by atoms with Gasteiger partial charge in [-0.1, -0.05) is 67.1 Å². The third-order valence-corrected chi connectivity index (χ3v) is 5.80. The first-order valence-electron chi connectivity index (χ1n) is 10.3. The molecule has 156 valence electrons. The molecule has 2 aromatic carbocycles. The first-order valence-corrected chi connectivity index (χ1v) is 11.4. The monoisotopic (exact) mass is 412 g/mol. The molecule has 2 rings (SSSR count). The number of thioether (sulfide) groups is 1. The molecule has 1 N–H and O–H groups in total. The van der Waals surface area contributed by atoms with Crippen LogP contribution >= 0.6 is 11.8 Å². The largest absolute Gasteiger partial charge is 0.354 e. The molecule has 0 spiro atoms. The minimum absolute atomic E-state index is 0.0113. The number of nitrogens with zero attached hydrogens (tertiary/aromatic N) is 1. The molecule has 0 bridgehead atoms. The molecule has 5 heteroatoms. The summed E-state index contributed by atoms with van der Waals surface area (Å²) in [4.78, 5) is 27.2. The number of hydrogen-bond donors (Lipinski definition) is 1. The van der Waals surface area contributed by atoms with Crippen molar-refractivity contribution in [3.8, 4) is 0 Å². The Hall–Kier alpha value is -2.27. The number of amides is 2. The standard InChI is InChI=1S/C24H32N2O2S/c1-4-15-25-24(28)20(3)26(16-14-21-8-6-5-7-9-21)23(27)18-29-17-22-12-10-19(2)11-13-22/h5-13,20H,4,14-18H2,1-3H3,(H,25,28)/t20-/m0/s1. The molecule has 1 atom stereocenters. The molecule has 0 saturated carbocycles. The number of benzene rings is 2. The normalized spacial score (nSPS) is 11.7. The molecule has 29 heavy (non-hydrogen) atoms. The zero-order chi connectivity index (χ0) is 21.1. The zero-order valence-corrected chi connectivity index (χ0v) is 18.5. The van der Waals surface area contributed by atoms with Crippen molar-refractivity contribution < 1.29 is 9.59 Å². The molecule has 0 unspecified atom stereocenters. The summed E-state index contributed by atoms with van der Waals surface area (Å²) in [6, 6.07) is 18.0. The molecule has 0 heterocycles. The van der Waals surface area contributed by atoms with E-state index < -0.39 is 6.04 Å². The van der Waals surface area contributed by atoms with Crippen molar-refractivity contribution in [2.75, 3.05) is 18.8 Å². The first kappa shape index (κ1) is 23.0. The van der Waals surface area contributed by atoms with E-state index in [4.69, 9.17) is 0 Å². The van der Waals surface area contributed by atoms with E-state index in [2.05, 4.69) is 48.6 Å². The Morgan fingerprint density at radius 1 is 1.03 bits per heavy atom. The van der Waals surface area contributed by atoms with Crippen LogP contribution in [0, 0.1) is 6.92 Å². The fourth-order valence-electron chi connectivity index (χ4n) is 2.99. The molecule has 0 aliphatic rings. The minimum Gasteiger partial charge on any atom is -0.354 e. The molecule has 4 nitrogen and oxygen atoms in total. The van der Waals surface area contributed by atoms with Crippen molar-refractivity contribution in [1.82, 2.24) is 10.2 Å². The van der Waals surface area contributed by atoms with E-state index in [1.807, 2.05) is 32.0 Å². The van der Waals surface area contributed by atoms with Gasteiger partial charge >= 0.3 is 0 Å². The second kappa shape index (κ2) is 12.3. The Balaban J connectivity index is 1.96. The molecule has 2 aromatic rings. The van der Waals surface area contributed by atoms with Crippen molar-refractivity contribution in [2.24, 2.45) is 0 Å². The van der Waals surface area contributed by atoms with Crippen LogP contribution in [0.25, 0.3) is 0 Å². The van der Waals surface area contributed by atoms with Gasteiger partial charge in [0.15, 0.2) is 0 Å². The van der Waals surface area contributed by atoms with Crippen LogP contribution in [-0.4, -0.2) is 41.6 Å². The molecule has 0 aliphatic heterocycles. The molecular formula is C24H32N2O2S. The Morgan fingerprint density at radius 2 is 1.72 bits per heavy atom. The van der Waals surface area contributed by atoms with E-state index in [0.717, 1.165) is 18.6 Å². The highest BCUT2D eigenvalue weighted by atomic mass is 32.2. The van der Waals surface area contributed by atoms with Gasteiger partial charge in [0.2, 0.25) is 11.8 Å². The van der Waals surface area contributed by atoms with E-state index in [1.165, 1.54) is 16.7 Å². The van der Waals surface area contributed by atoms with Crippen LogP contribution in [0.4, 0.5) is 0 Å². The third kappa shape index (κ3) is 7.94. The summed E-state index contributed by atoms with van der Waals surface area (Å²) in [5.74, 6) is 1.08. The molecule has 0 radical (unpaired) electrons. The molecule has 0 saturated heterocycles. The van der Waals surface area contributed by atoms with Crippen molar-refractivity contribution in [2.45, 2.75) is 45.4 Å². The lowest BCUT2D eigenvalue weighted by molar-refractivity contribution is -0.137. The number of carbonyl (C=O) groups is 2. The predicted molar refractivity (Wildman–Crippen MR) is 122 cm³/mol. The zero-order valence-electron chi connectivity index (χ0n) is 17.7. The number of aryl methyl sites for hydroxylation is 1. The maximum atomic E-state index is 13.0. The van der Waals surface area contributed by atoms with Crippen LogP contribution in [-0.2, 0) is 21.8 Å². The van der Waals surface area contributed by atoms with E-state index in [9.17, 15) is 9.59 Å². The highest BCUT2D eigenvalue weighted by Crippen LogP contribution is 2.15. The summed E-state index contributed by atoms with van der Waals surface area (Å²) in [7, 11) is 0. The van der Waals surface area contributed by atoms with Crippen LogP contribution < -0.4 is 5.32 Å². The fourth-order valence-corrected chi connectivity index (χ4v) is 3.86. The van der Waals surface area contributed by atoms with E-state index in [0.29, 0.717) is 18.8 Å². The Labute approximate surface area is 179 Å². The summed E-state index contributed by atoms with van der Waals surface area (Å²) in [6.45, 7) is 7.07. The quantitative estimate of drug-likeness (QED) is 0.601. The summed E-state index contributed by atoms with van der Waals surface area (Å²) in [5, 5.41) is 2.91. The van der Waals surface area contributed by atoms with E-state index in [-0.39, 0.29) is 11.8 Å². The van der Waals surface area contributed by atoms with Crippen LogP contribution in [0.5, 0.6) is 0 Å². The minimum atomic E-state index is -0.474. The van der Waals surface area contributed by atoms with Gasteiger partial charge in [0, 0.05) is 18.8 Å². The average molecular weight is 413 g/mol. The second-order valence-electron chi connectivity index (χ2n) is 7.27. The summed E-state index contributed by atoms with van der Waals surface area (Å²) < 4.78 is 0. The van der Waals surface area contributed by atoms with Crippen LogP contribution in [0.1, 0.15) is 37.0 Å². The number of rotatable bonds is 11. The van der Waals surface area contributed by atoms with Crippen molar-refractivity contribution in [3.05, 3.63) is 71.3 Å². The SMILES string of the molecule is CCCNC(=O)[C@H](C)N(CCc1ccccc1)C(=O)CSCc1ccc(C)cc1. The Bertz CT molecular complexity index is 762. The van der Waals surface area contributed by atoms with Crippen LogP contribution in [0.15, 0.2) is 54.6 Å². The van der Waals surface area contributed by atoms with Crippen LogP contribution in [0.3, 0.4) is 0 Å². The topological polar surface area (TPSA) is 49.4 Å². The number of carbonyl (C=O) groups excluding carboxylic acids is 2. The Kier molecular flexibility index (Phi) is 9.78. The molecular weight excluding hydrogens is 380 g/mol. The smallest absolute Gasteiger partial charge is 0.242 e. The number of hydrogen-bond acceptors (Lipinski definition) is 3. The molecule has 2 amide bonds. The highest BCUT2D eigenvalue weighted by molar-refractivity contribution is 7.99. The van der Waals surface area contributed by atoms with Crippen LogP contribution in [0.2, 0.25) is 0 Å². The maximum absolute atomic E-state index is 13.0. The third-order valence-electron chi connectivity index (χ3n) is 4.82. The molecule has 0 fully saturated rings. The average Bonchev–Trinajstić information content (AvgIpc) is 2.74. The summed E-state index contributed by atoms with van der Waals surface area (Å²) in [5.41, 5.74) is 3.60. The first-order chi connectivity index (χ1) is 14.0. The molecule has 0 aliphatic carbocycles. The van der Waals surface area contributed by atoms with Crippen molar-refractivity contribution in [3.63, 3.8) is 0 Å². The lowest BCUT2D eigenvalue weighted by Crippen LogP contribution is -2.49. The maximum Gasteiger partial charge on any atom is 0.242 e. The summed E-state index contributed by atoms with van der Waals surface area (Å²) in [6.07, 6.45) is 1.61. The fraction of sp³-hybridized carbons (Fsp3) is 0.417. The summed E-state index contributed by atoms with van der Waals surface area (Å²) >= 11 is 1.59. The predicted octanol–water partition coefficient (Wildman–Crippen LogP) is 4.21. The van der Waals surface area contributed by atoms with E-state index in [1.54, 1.807) is 16.7 Å². The van der Waals surface area contributed by atoms with Gasteiger partial charge in [-0.15, -0.1) is 11.8 Å². The van der Waals surface area contributed by atoms with Crippen molar-refractivity contribution >= 4 is 23.6 Å². The van der Waals surface area contributed by atoms with Gasteiger partial charge in [-0.2, -0.15) is 0 Å². The van der Waals surface area contributed by atoms with Gasteiger partial charge in [-0.25, -0.2) is 0 Å². The van der Waals surface area contributed by atoms with Gasteiger partial charge in [0.05, 0.1) is 5.75 Å². The number of nitrogens with one attached hydrogen (secondary N) is 1. The van der Waals surface area contributed by atoms with Gasteiger partial charge in [-0.05, 0) is 37.8 Å². The second-order valence-corrected chi connectivity index (χ2v) is 8.25. The molecule has 0 aromatic heterocycles. The van der Waals surface area contributed by atoms with Gasteiger partial charge in [-0.3, -0.25) is 9.59 Å². The van der Waals surface area contributed by atoms with Gasteiger partial charge in [0.25, 0.3) is 0 Å². The van der Waals surface area contributed by atoms with Gasteiger partial charge in [0.1, 0.15) is 6.04 Å². The lowest BCUT2D eigenvalue weighted by atomic mass is 10.1. The van der Waals surface area contributed by atoms with E-state index >= 15 is 0 Å². The highest BCUT2D eigenvalue weighted by Gasteiger charge is 2.25. The Morgan fingerprint density at radius 3 is 2.38 bits per heavy atom. The van der Waals surface area contributed by atoms with Gasteiger partial charge < -0.3 is 10.2 Å².